The van der Waals surface area contributed by atoms with Crippen LogP contribution < -0.4 is 14.8 Å². The van der Waals surface area contributed by atoms with Gasteiger partial charge >= 0.3 is 0 Å². The predicted molar refractivity (Wildman–Crippen MR) is 98.3 cm³/mol. The molecule has 1 saturated carbocycles. The smallest absolute Gasteiger partial charge is 0.251 e. The van der Waals surface area contributed by atoms with Crippen LogP contribution in [0, 0.1) is 0 Å². The van der Waals surface area contributed by atoms with Crippen LogP contribution in [-0.2, 0) is 0 Å². The Morgan fingerprint density at radius 2 is 1.92 bits per heavy atom. The van der Waals surface area contributed by atoms with Crippen molar-refractivity contribution in [3.8, 4) is 11.5 Å². The van der Waals surface area contributed by atoms with Crippen molar-refractivity contribution in [2.75, 3.05) is 26.9 Å². The van der Waals surface area contributed by atoms with E-state index in [1.54, 1.807) is 18.2 Å². The number of benzene rings is 1. The molecule has 5 heteroatoms. The van der Waals surface area contributed by atoms with Gasteiger partial charge in [-0.1, -0.05) is 25.7 Å². The molecule has 0 atom stereocenters. The van der Waals surface area contributed by atoms with Gasteiger partial charge in [0.1, 0.15) is 0 Å². The van der Waals surface area contributed by atoms with Crippen molar-refractivity contribution >= 4 is 5.91 Å². The van der Waals surface area contributed by atoms with E-state index in [9.17, 15) is 4.79 Å². The molecule has 25 heavy (non-hydrogen) atoms. The van der Waals surface area contributed by atoms with Crippen LogP contribution >= 0.6 is 0 Å². The van der Waals surface area contributed by atoms with Crippen molar-refractivity contribution in [3.05, 3.63) is 23.8 Å². The molecule has 1 aromatic rings. The van der Waals surface area contributed by atoms with Crippen LogP contribution in [0.25, 0.3) is 0 Å². The van der Waals surface area contributed by atoms with Crippen molar-refractivity contribution in [1.29, 1.82) is 0 Å². The molecule has 0 saturated heterocycles. The third-order valence-corrected chi connectivity index (χ3v) is 5.31. The predicted octanol–water partition coefficient (Wildman–Crippen LogP) is 3.58. The molecule has 1 N–H and O–H groups in total. The van der Waals surface area contributed by atoms with Crippen LogP contribution in [0.4, 0.5) is 0 Å². The maximum atomic E-state index is 12.2. The first-order chi connectivity index (χ1) is 12.2. The summed E-state index contributed by atoms with van der Waals surface area (Å²) >= 11 is 0. The van der Waals surface area contributed by atoms with Gasteiger partial charge in [-0.3, -0.25) is 4.79 Å². The average Bonchev–Trinajstić information content (AvgIpc) is 3.12. The quantitative estimate of drug-likeness (QED) is 0.731. The van der Waals surface area contributed by atoms with Crippen LogP contribution in [0.15, 0.2) is 18.2 Å². The highest BCUT2D eigenvalue weighted by molar-refractivity contribution is 5.94. The summed E-state index contributed by atoms with van der Waals surface area (Å²) in [5, 5.41) is 2.99. The first-order valence-corrected chi connectivity index (χ1v) is 9.62. The van der Waals surface area contributed by atoms with Crippen molar-refractivity contribution in [3.63, 3.8) is 0 Å². The second-order valence-electron chi connectivity index (χ2n) is 7.16. The lowest BCUT2D eigenvalue weighted by Gasteiger charge is -2.31. The standard InChI is InChI=1S/C20H30N2O3/c1-22(17-8-4-2-5-9-17)13-7-3-6-12-21-20(23)16-10-11-18-19(14-16)25-15-24-18/h10-11,14,17H,2-9,12-13,15H2,1H3,(H,21,23). The number of rotatable bonds is 8. The Kier molecular flexibility index (Phi) is 6.56. The normalized spacial score (nSPS) is 17.0. The molecule has 1 aliphatic heterocycles. The van der Waals surface area contributed by atoms with E-state index < -0.39 is 0 Å². The molecule has 1 aliphatic carbocycles. The Morgan fingerprint density at radius 1 is 1.12 bits per heavy atom. The third-order valence-electron chi connectivity index (χ3n) is 5.31. The molecule has 1 fully saturated rings. The number of fused-ring (bicyclic) bond motifs is 1. The molecule has 1 aromatic carbocycles. The summed E-state index contributed by atoms with van der Waals surface area (Å²) in [6.07, 6.45) is 10.3. The van der Waals surface area contributed by atoms with Crippen LogP contribution in [0.2, 0.25) is 0 Å². The second-order valence-corrected chi connectivity index (χ2v) is 7.16. The Hall–Kier alpha value is -1.75. The van der Waals surface area contributed by atoms with Crippen molar-refractivity contribution in [2.24, 2.45) is 0 Å². The van der Waals surface area contributed by atoms with E-state index in [1.165, 1.54) is 45.1 Å². The van der Waals surface area contributed by atoms with E-state index in [1.807, 2.05) is 0 Å². The molecule has 0 unspecified atom stereocenters. The number of hydrogen-bond donors (Lipinski definition) is 1. The van der Waals surface area contributed by atoms with Crippen LogP contribution in [0.1, 0.15) is 61.7 Å². The van der Waals surface area contributed by atoms with E-state index in [-0.39, 0.29) is 12.7 Å². The summed E-state index contributed by atoms with van der Waals surface area (Å²) in [5.41, 5.74) is 0.626. The largest absolute Gasteiger partial charge is 0.454 e. The molecular formula is C20H30N2O3. The fraction of sp³-hybridized carbons (Fsp3) is 0.650. The van der Waals surface area contributed by atoms with Gasteiger partial charge in [-0.2, -0.15) is 0 Å². The highest BCUT2D eigenvalue weighted by Gasteiger charge is 2.17. The number of hydrogen-bond acceptors (Lipinski definition) is 4. The zero-order valence-corrected chi connectivity index (χ0v) is 15.3. The lowest BCUT2D eigenvalue weighted by molar-refractivity contribution is 0.0952. The summed E-state index contributed by atoms with van der Waals surface area (Å²) < 4.78 is 10.6. The first-order valence-electron chi connectivity index (χ1n) is 9.62. The summed E-state index contributed by atoms with van der Waals surface area (Å²) in [6.45, 7) is 2.12. The maximum absolute atomic E-state index is 12.2. The van der Waals surface area contributed by atoms with Gasteiger partial charge in [-0.15, -0.1) is 0 Å². The number of unbranched alkanes of at least 4 members (excludes halogenated alkanes) is 2. The van der Waals surface area contributed by atoms with Crippen molar-refractivity contribution < 1.29 is 14.3 Å². The molecule has 5 nitrogen and oxygen atoms in total. The number of nitrogens with one attached hydrogen (secondary N) is 1. The monoisotopic (exact) mass is 346 g/mol. The van der Waals surface area contributed by atoms with Crippen molar-refractivity contribution in [2.45, 2.75) is 57.4 Å². The van der Waals surface area contributed by atoms with Gasteiger partial charge < -0.3 is 19.7 Å². The molecule has 1 heterocycles. The molecule has 1 amide bonds. The van der Waals surface area contributed by atoms with Gasteiger partial charge in [0.25, 0.3) is 5.91 Å². The summed E-state index contributed by atoms with van der Waals surface area (Å²) in [6, 6.07) is 6.11. The SMILES string of the molecule is CN(CCCCCNC(=O)c1ccc2c(c1)OCO2)C1CCCCC1. The highest BCUT2D eigenvalue weighted by atomic mass is 16.7. The van der Waals surface area contributed by atoms with Gasteiger partial charge in [0, 0.05) is 18.2 Å². The zero-order valence-electron chi connectivity index (χ0n) is 15.3. The molecule has 3 rings (SSSR count). The number of amides is 1. The summed E-state index contributed by atoms with van der Waals surface area (Å²) in [7, 11) is 2.26. The van der Waals surface area contributed by atoms with Gasteiger partial charge in [-0.05, 0) is 57.5 Å². The Bertz CT molecular complexity index is 570. The van der Waals surface area contributed by atoms with Crippen LogP contribution in [-0.4, -0.2) is 43.8 Å². The lowest BCUT2D eigenvalue weighted by Crippen LogP contribution is -2.34. The fourth-order valence-corrected chi connectivity index (χ4v) is 3.71. The van der Waals surface area contributed by atoms with Gasteiger partial charge in [0.05, 0.1) is 0 Å². The van der Waals surface area contributed by atoms with E-state index in [0.29, 0.717) is 17.1 Å². The number of nitrogens with zero attached hydrogens (tertiary/aromatic N) is 1. The fourth-order valence-electron chi connectivity index (χ4n) is 3.71. The van der Waals surface area contributed by atoms with Crippen molar-refractivity contribution in [1.82, 2.24) is 10.2 Å². The molecular weight excluding hydrogens is 316 g/mol. The van der Waals surface area contributed by atoms with E-state index in [4.69, 9.17) is 9.47 Å². The lowest BCUT2D eigenvalue weighted by atomic mass is 9.94. The number of carbonyl (C=O) groups excluding carboxylic acids is 1. The maximum Gasteiger partial charge on any atom is 0.251 e. The number of ether oxygens (including phenoxy) is 2. The molecule has 0 bridgehead atoms. The minimum Gasteiger partial charge on any atom is -0.454 e. The first kappa shape index (κ1) is 18.1. The minimum atomic E-state index is -0.0439. The Balaban J connectivity index is 1.28. The van der Waals surface area contributed by atoms with E-state index >= 15 is 0 Å². The minimum absolute atomic E-state index is 0.0439. The zero-order chi connectivity index (χ0) is 17.5. The van der Waals surface area contributed by atoms with Gasteiger partial charge in [0.2, 0.25) is 6.79 Å². The average molecular weight is 346 g/mol. The molecule has 0 spiro atoms. The van der Waals surface area contributed by atoms with Gasteiger partial charge in [0.15, 0.2) is 11.5 Å². The molecule has 2 aliphatic rings. The highest BCUT2D eigenvalue weighted by Crippen LogP contribution is 2.32. The second kappa shape index (κ2) is 9.09. The Morgan fingerprint density at radius 3 is 2.76 bits per heavy atom. The topological polar surface area (TPSA) is 50.8 Å². The third kappa shape index (κ3) is 5.11. The Labute approximate surface area is 150 Å². The van der Waals surface area contributed by atoms with Crippen LogP contribution in [0.3, 0.4) is 0 Å². The number of carbonyl (C=O) groups is 1. The summed E-state index contributed by atoms with van der Waals surface area (Å²) in [5.74, 6) is 1.31. The molecule has 0 aromatic heterocycles. The molecule has 138 valence electrons. The summed E-state index contributed by atoms with van der Waals surface area (Å²) in [4.78, 5) is 14.7. The molecule has 0 radical (unpaired) electrons. The van der Waals surface area contributed by atoms with E-state index in [2.05, 4.69) is 17.3 Å². The van der Waals surface area contributed by atoms with Gasteiger partial charge in [-0.25, -0.2) is 0 Å². The van der Waals surface area contributed by atoms with Crippen LogP contribution in [0.5, 0.6) is 11.5 Å². The van der Waals surface area contributed by atoms with E-state index in [0.717, 1.165) is 25.4 Å².